The lowest BCUT2D eigenvalue weighted by molar-refractivity contribution is 0.284. The van der Waals surface area contributed by atoms with E-state index in [1.165, 1.54) is 0 Å². The summed E-state index contributed by atoms with van der Waals surface area (Å²) in [7, 11) is 1.94. The van der Waals surface area contributed by atoms with E-state index >= 15 is 0 Å². The zero-order chi connectivity index (χ0) is 18.8. The third-order valence-electron chi connectivity index (χ3n) is 4.80. The molecule has 0 radical (unpaired) electrons. The van der Waals surface area contributed by atoms with Crippen molar-refractivity contribution in [3.05, 3.63) is 59.4 Å². The third kappa shape index (κ3) is 4.24. The monoisotopic (exact) mass is 364 g/mol. The second kappa shape index (κ2) is 7.34. The lowest BCUT2D eigenvalue weighted by Gasteiger charge is -2.10. The van der Waals surface area contributed by atoms with E-state index in [0.29, 0.717) is 36.7 Å². The van der Waals surface area contributed by atoms with Crippen molar-refractivity contribution in [3.8, 4) is 5.88 Å². The quantitative estimate of drug-likeness (QED) is 0.694. The highest BCUT2D eigenvalue weighted by atomic mass is 16.5. The molecule has 3 aromatic heterocycles. The fourth-order valence-corrected chi connectivity index (χ4v) is 3.30. The predicted octanol–water partition coefficient (Wildman–Crippen LogP) is 3.02. The largest absolute Gasteiger partial charge is 0.477 e. The Balaban J connectivity index is 1.34. The topological polar surface area (TPSA) is 77.8 Å². The molecule has 0 unspecified atom stereocenters. The van der Waals surface area contributed by atoms with E-state index < -0.39 is 0 Å². The number of pyridine rings is 1. The summed E-state index contributed by atoms with van der Waals surface area (Å²) in [5.41, 5.74) is 3.25. The van der Waals surface area contributed by atoms with Crippen LogP contribution in [0.15, 0.2) is 36.5 Å². The Labute approximate surface area is 158 Å². The number of hydrogen-bond donors (Lipinski definition) is 1. The van der Waals surface area contributed by atoms with Crippen LogP contribution in [0.1, 0.15) is 35.2 Å². The van der Waals surface area contributed by atoms with Crippen LogP contribution in [0.4, 0.5) is 5.82 Å². The minimum atomic E-state index is 0.500. The first kappa shape index (κ1) is 17.5. The van der Waals surface area contributed by atoms with Crippen molar-refractivity contribution >= 4 is 5.82 Å². The van der Waals surface area contributed by atoms with E-state index in [4.69, 9.17) is 4.74 Å². The van der Waals surface area contributed by atoms with Crippen LogP contribution < -0.4 is 10.1 Å². The highest BCUT2D eigenvalue weighted by Crippen LogP contribution is 2.46. The van der Waals surface area contributed by atoms with Crippen LogP contribution in [0, 0.1) is 19.8 Å². The van der Waals surface area contributed by atoms with E-state index in [2.05, 4.69) is 37.5 Å². The van der Waals surface area contributed by atoms with Gasteiger partial charge in [-0.2, -0.15) is 10.1 Å². The van der Waals surface area contributed by atoms with Gasteiger partial charge in [-0.25, -0.2) is 4.98 Å². The average Bonchev–Trinajstić information content (AvgIpc) is 3.36. The number of aryl methyl sites for hydroxylation is 3. The van der Waals surface area contributed by atoms with Crippen molar-refractivity contribution < 1.29 is 4.74 Å². The van der Waals surface area contributed by atoms with Gasteiger partial charge in [0.1, 0.15) is 11.6 Å². The second-order valence-corrected chi connectivity index (χ2v) is 7.06. The third-order valence-corrected chi connectivity index (χ3v) is 4.80. The van der Waals surface area contributed by atoms with Crippen LogP contribution in [0.5, 0.6) is 5.88 Å². The zero-order valence-electron chi connectivity index (χ0n) is 15.9. The smallest absolute Gasteiger partial charge is 0.218 e. The van der Waals surface area contributed by atoms with Gasteiger partial charge in [0.2, 0.25) is 5.88 Å². The van der Waals surface area contributed by atoms with Crippen LogP contribution in [0.3, 0.4) is 0 Å². The van der Waals surface area contributed by atoms with Crippen LogP contribution >= 0.6 is 0 Å². The molecule has 0 amide bonds. The van der Waals surface area contributed by atoms with Gasteiger partial charge in [0.05, 0.1) is 24.5 Å². The maximum Gasteiger partial charge on any atom is 0.218 e. The van der Waals surface area contributed by atoms with Crippen molar-refractivity contribution in [2.75, 3.05) is 11.9 Å². The molecule has 1 fully saturated rings. The Bertz CT molecular complexity index is 923. The number of nitrogens with zero attached hydrogens (tertiary/aromatic N) is 5. The molecule has 1 aliphatic rings. The molecule has 0 aromatic carbocycles. The standard InChI is InChI=1S/C20H24N6O/c1-13-8-16(26(3)25-13)11-22-19-10-20(24-14(2)23-19)27-12-15-9-17(15)18-6-4-5-7-21-18/h4-8,10,15,17H,9,11-12H2,1-3H3,(H,22,23,24)/t15-,17+/m1/s1. The van der Waals surface area contributed by atoms with Gasteiger partial charge in [-0.15, -0.1) is 0 Å². The minimum absolute atomic E-state index is 0.500. The highest BCUT2D eigenvalue weighted by Gasteiger charge is 2.39. The highest BCUT2D eigenvalue weighted by molar-refractivity contribution is 5.39. The Morgan fingerprint density at radius 2 is 2.11 bits per heavy atom. The van der Waals surface area contributed by atoms with Crippen molar-refractivity contribution in [3.63, 3.8) is 0 Å². The molecule has 2 atom stereocenters. The minimum Gasteiger partial charge on any atom is -0.477 e. The number of hydrogen-bond acceptors (Lipinski definition) is 6. The van der Waals surface area contributed by atoms with Crippen molar-refractivity contribution in [2.45, 2.75) is 32.7 Å². The zero-order valence-corrected chi connectivity index (χ0v) is 15.9. The van der Waals surface area contributed by atoms with E-state index in [1.54, 1.807) is 0 Å². The molecule has 27 heavy (non-hydrogen) atoms. The van der Waals surface area contributed by atoms with E-state index in [9.17, 15) is 0 Å². The van der Waals surface area contributed by atoms with Gasteiger partial charge in [-0.1, -0.05) is 6.07 Å². The molecule has 3 heterocycles. The summed E-state index contributed by atoms with van der Waals surface area (Å²) in [6.07, 6.45) is 2.97. The Morgan fingerprint density at radius 3 is 2.85 bits per heavy atom. The summed E-state index contributed by atoms with van der Waals surface area (Å²) in [5, 5.41) is 7.69. The van der Waals surface area contributed by atoms with Gasteiger partial charge in [-0.3, -0.25) is 9.67 Å². The molecule has 7 heteroatoms. The van der Waals surface area contributed by atoms with E-state index in [1.807, 2.05) is 50.0 Å². The summed E-state index contributed by atoms with van der Waals surface area (Å²) in [5.74, 6) is 3.06. The van der Waals surface area contributed by atoms with Crippen LogP contribution in [-0.2, 0) is 13.6 Å². The van der Waals surface area contributed by atoms with Crippen molar-refractivity contribution in [2.24, 2.45) is 13.0 Å². The molecule has 3 aromatic rings. The molecule has 7 nitrogen and oxygen atoms in total. The fourth-order valence-electron chi connectivity index (χ4n) is 3.30. The molecule has 140 valence electrons. The van der Waals surface area contributed by atoms with Gasteiger partial charge in [-0.05, 0) is 38.5 Å². The van der Waals surface area contributed by atoms with Gasteiger partial charge >= 0.3 is 0 Å². The average molecular weight is 364 g/mol. The molecular weight excluding hydrogens is 340 g/mol. The summed E-state index contributed by atoms with van der Waals surface area (Å²) >= 11 is 0. The van der Waals surface area contributed by atoms with E-state index in [0.717, 1.165) is 29.3 Å². The molecule has 1 N–H and O–H groups in total. The molecular formula is C20H24N6O. The first-order valence-corrected chi connectivity index (χ1v) is 9.21. The van der Waals surface area contributed by atoms with Crippen LogP contribution in [0.25, 0.3) is 0 Å². The maximum atomic E-state index is 5.95. The molecule has 0 aliphatic heterocycles. The summed E-state index contributed by atoms with van der Waals surface area (Å²) in [4.78, 5) is 13.3. The van der Waals surface area contributed by atoms with Crippen molar-refractivity contribution in [1.82, 2.24) is 24.7 Å². The lowest BCUT2D eigenvalue weighted by atomic mass is 10.2. The first-order valence-electron chi connectivity index (χ1n) is 9.21. The Kier molecular flexibility index (Phi) is 4.75. The predicted molar refractivity (Wildman–Crippen MR) is 103 cm³/mol. The SMILES string of the molecule is Cc1cc(CNc2cc(OC[C@H]3C[C@@H]3c3ccccn3)nc(C)n2)n(C)n1. The van der Waals surface area contributed by atoms with Gasteiger partial charge < -0.3 is 10.1 Å². The number of ether oxygens (including phenoxy) is 1. The lowest BCUT2D eigenvalue weighted by Crippen LogP contribution is -2.09. The van der Waals surface area contributed by atoms with Gasteiger partial charge in [0.15, 0.2) is 0 Å². The maximum absolute atomic E-state index is 5.95. The number of rotatable bonds is 7. The number of anilines is 1. The number of nitrogens with one attached hydrogen (secondary N) is 1. The summed E-state index contributed by atoms with van der Waals surface area (Å²) in [6.45, 7) is 5.16. The fraction of sp³-hybridized carbons (Fsp3) is 0.400. The van der Waals surface area contributed by atoms with Gasteiger partial charge in [0, 0.05) is 36.8 Å². The Hall–Kier alpha value is -2.96. The Morgan fingerprint density at radius 1 is 1.22 bits per heavy atom. The van der Waals surface area contributed by atoms with Crippen molar-refractivity contribution in [1.29, 1.82) is 0 Å². The molecule has 1 aliphatic carbocycles. The second-order valence-electron chi connectivity index (χ2n) is 7.06. The molecule has 4 rings (SSSR count). The van der Waals surface area contributed by atoms with Crippen LogP contribution in [0.2, 0.25) is 0 Å². The summed E-state index contributed by atoms with van der Waals surface area (Å²) < 4.78 is 7.82. The number of aromatic nitrogens is 5. The molecule has 1 saturated carbocycles. The summed E-state index contributed by atoms with van der Waals surface area (Å²) in [6, 6.07) is 9.98. The molecule has 0 spiro atoms. The normalized spacial score (nSPS) is 18.3. The first-order chi connectivity index (χ1) is 13.1. The van der Waals surface area contributed by atoms with Crippen LogP contribution in [-0.4, -0.2) is 31.3 Å². The molecule has 0 saturated heterocycles. The van der Waals surface area contributed by atoms with Gasteiger partial charge in [0.25, 0.3) is 0 Å². The van der Waals surface area contributed by atoms with E-state index in [-0.39, 0.29) is 0 Å². The molecule has 0 bridgehead atoms.